The number of nitrogens with one attached hydrogen (secondary N) is 1. The molecule has 0 aliphatic carbocycles. The summed E-state index contributed by atoms with van der Waals surface area (Å²) in [6.45, 7) is -0.360. The van der Waals surface area contributed by atoms with Crippen LogP contribution in [0.3, 0.4) is 0 Å². The molecule has 0 atom stereocenters. The molecular weight excluding hydrogens is 354 g/mol. The molecule has 1 amide bonds. The predicted octanol–water partition coefficient (Wildman–Crippen LogP) is 3.72. The Hall–Kier alpha value is -2.77. The summed E-state index contributed by atoms with van der Waals surface area (Å²) in [5, 5.41) is 2.41. The molecule has 2 aromatic rings. The maximum atomic E-state index is 13.1. The quantitative estimate of drug-likeness (QED) is 0.788. The van der Waals surface area contributed by atoms with Crippen molar-refractivity contribution in [2.75, 3.05) is 14.2 Å². The first-order valence-corrected chi connectivity index (χ1v) is 7.58. The van der Waals surface area contributed by atoms with Gasteiger partial charge in [-0.3, -0.25) is 4.79 Å². The molecule has 26 heavy (non-hydrogen) atoms. The van der Waals surface area contributed by atoms with Crippen molar-refractivity contribution in [3.63, 3.8) is 0 Å². The summed E-state index contributed by atoms with van der Waals surface area (Å²) in [4.78, 5) is 12.0. The van der Waals surface area contributed by atoms with Crippen LogP contribution in [0.1, 0.15) is 16.7 Å². The second-order valence-electron chi connectivity index (χ2n) is 5.44. The van der Waals surface area contributed by atoms with E-state index in [-0.39, 0.29) is 18.5 Å². The molecule has 0 radical (unpaired) electrons. The zero-order valence-corrected chi connectivity index (χ0v) is 14.1. The number of hydrogen-bond donors (Lipinski definition) is 1. The summed E-state index contributed by atoms with van der Waals surface area (Å²) < 4.78 is 62.2. The van der Waals surface area contributed by atoms with E-state index in [1.165, 1.54) is 14.2 Å². The Bertz CT molecular complexity index is 790. The van der Waals surface area contributed by atoms with Gasteiger partial charge in [0, 0.05) is 6.54 Å². The molecule has 0 aliphatic rings. The van der Waals surface area contributed by atoms with Crippen LogP contribution in [0.2, 0.25) is 0 Å². The maximum absolute atomic E-state index is 13.1. The Morgan fingerprint density at radius 1 is 1.04 bits per heavy atom. The largest absolute Gasteiger partial charge is 0.493 e. The van der Waals surface area contributed by atoms with E-state index in [9.17, 15) is 22.4 Å². The van der Waals surface area contributed by atoms with Crippen molar-refractivity contribution in [2.24, 2.45) is 0 Å². The Labute approximate surface area is 147 Å². The van der Waals surface area contributed by atoms with Gasteiger partial charge < -0.3 is 14.8 Å². The Morgan fingerprint density at radius 2 is 1.73 bits per heavy atom. The first-order valence-electron chi connectivity index (χ1n) is 7.58. The summed E-state index contributed by atoms with van der Waals surface area (Å²) in [6, 6.07) is 7.23. The molecule has 0 spiro atoms. The standard InChI is InChI=1S/C18H17F4NO3/c1-25-15-6-3-11(7-16(15)26-2)8-17(24)23-10-12-4-5-13(19)9-14(12)18(20,21)22/h3-7,9H,8,10H2,1-2H3,(H,23,24). The lowest BCUT2D eigenvalue weighted by Gasteiger charge is -2.14. The Balaban J connectivity index is 2.06. The zero-order valence-electron chi connectivity index (χ0n) is 14.1. The number of carbonyl (C=O) groups is 1. The monoisotopic (exact) mass is 371 g/mol. The molecule has 0 fully saturated rings. The smallest absolute Gasteiger partial charge is 0.416 e. The molecule has 2 rings (SSSR count). The molecule has 0 unspecified atom stereocenters. The van der Waals surface area contributed by atoms with Crippen LogP contribution < -0.4 is 14.8 Å². The van der Waals surface area contributed by atoms with Gasteiger partial charge in [0.1, 0.15) is 5.82 Å². The van der Waals surface area contributed by atoms with Crippen LogP contribution in [-0.4, -0.2) is 20.1 Å². The molecular formula is C18H17F4NO3. The maximum Gasteiger partial charge on any atom is 0.416 e. The van der Waals surface area contributed by atoms with Crippen molar-refractivity contribution >= 4 is 5.91 Å². The van der Waals surface area contributed by atoms with Gasteiger partial charge in [-0.15, -0.1) is 0 Å². The average Bonchev–Trinajstić information content (AvgIpc) is 2.59. The minimum atomic E-state index is -4.70. The van der Waals surface area contributed by atoms with E-state index in [0.717, 1.165) is 12.1 Å². The molecule has 0 heterocycles. The van der Waals surface area contributed by atoms with Crippen molar-refractivity contribution in [3.8, 4) is 11.5 Å². The number of benzene rings is 2. The third-order valence-corrected chi connectivity index (χ3v) is 3.67. The van der Waals surface area contributed by atoms with Crippen LogP contribution in [0.25, 0.3) is 0 Å². The first kappa shape index (κ1) is 19.6. The second kappa shape index (κ2) is 8.07. The lowest BCUT2D eigenvalue weighted by molar-refractivity contribution is -0.138. The summed E-state index contributed by atoms with van der Waals surface area (Å²) in [7, 11) is 2.93. The van der Waals surface area contributed by atoms with Gasteiger partial charge in [-0.05, 0) is 35.4 Å². The summed E-state index contributed by atoms with van der Waals surface area (Å²) >= 11 is 0. The predicted molar refractivity (Wildman–Crippen MR) is 86.5 cm³/mol. The fourth-order valence-corrected chi connectivity index (χ4v) is 2.40. The average molecular weight is 371 g/mol. The van der Waals surface area contributed by atoms with Gasteiger partial charge in [-0.1, -0.05) is 12.1 Å². The number of rotatable bonds is 6. The van der Waals surface area contributed by atoms with Crippen LogP contribution in [0, 0.1) is 5.82 Å². The van der Waals surface area contributed by atoms with Gasteiger partial charge in [0.25, 0.3) is 0 Å². The molecule has 0 saturated heterocycles. The van der Waals surface area contributed by atoms with Gasteiger partial charge >= 0.3 is 6.18 Å². The summed E-state index contributed by atoms with van der Waals surface area (Å²) in [6.07, 6.45) is -4.76. The van der Waals surface area contributed by atoms with Crippen molar-refractivity contribution in [1.29, 1.82) is 0 Å². The summed E-state index contributed by atoms with van der Waals surface area (Å²) in [5.41, 5.74) is -0.709. The van der Waals surface area contributed by atoms with Crippen LogP contribution in [0.4, 0.5) is 17.6 Å². The molecule has 0 bridgehead atoms. The third-order valence-electron chi connectivity index (χ3n) is 3.67. The topological polar surface area (TPSA) is 47.6 Å². The van der Waals surface area contributed by atoms with E-state index in [2.05, 4.69) is 5.32 Å². The highest BCUT2D eigenvalue weighted by molar-refractivity contribution is 5.78. The van der Waals surface area contributed by atoms with E-state index >= 15 is 0 Å². The molecule has 0 saturated carbocycles. The molecule has 1 N–H and O–H groups in total. The van der Waals surface area contributed by atoms with Crippen LogP contribution in [-0.2, 0) is 23.9 Å². The van der Waals surface area contributed by atoms with Gasteiger partial charge in [0.05, 0.1) is 26.2 Å². The first-order chi connectivity index (χ1) is 12.2. The van der Waals surface area contributed by atoms with Crippen molar-refractivity contribution < 1.29 is 31.8 Å². The highest BCUT2D eigenvalue weighted by Crippen LogP contribution is 2.32. The summed E-state index contributed by atoms with van der Waals surface area (Å²) in [5.74, 6) is -0.527. The third kappa shape index (κ3) is 4.87. The number of hydrogen-bond acceptors (Lipinski definition) is 3. The van der Waals surface area contributed by atoms with E-state index in [1.807, 2.05) is 0 Å². The minimum Gasteiger partial charge on any atom is -0.493 e. The normalized spacial score (nSPS) is 11.2. The number of amides is 1. The van der Waals surface area contributed by atoms with E-state index in [4.69, 9.17) is 9.47 Å². The zero-order chi connectivity index (χ0) is 19.3. The lowest BCUT2D eigenvalue weighted by Crippen LogP contribution is -2.26. The molecule has 8 heteroatoms. The van der Waals surface area contributed by atoms with Crippen molar-refractivity contribution in [1.82, 2.24) is 5.32 Å². The van der Waals surface area contributed by atoms with E-state index in [0.29, 0.717) is 23.1 Å². The van der Waals surface area contributed by atoms with E-state index in [1.54, 1.807) is 18.2 Å². The second-order valence-corrected chi connectivity index (χ2v) is 5.44. The number of ether oxygens (including phenoxy) is 2. The van der Waals surface area contributed by atoms with Gasteiger partial charge in [-0.2, -0.15) is 13.2 Å². The SMILES string of the molecule is COc1ccc(CC(=O)NCc2ccc(F)cc2C(F)(F)F)cc1OC. The Morgan fingerprint density at radius 3 is 2.35 bits per heavy atom. The van der Waals surface area contributed by atoms with Crippen LogP contribution >= 0.6 is 0 Å². The minimum absolute atomic E-state index is 0.0527. The molecule has 0 aliphatic heterocycles. The molecule has 2 aromatic carbocycles. The van der Waals surface area contributed by atoms with Crippen LogP contribution in [0.15, 0.2) is 36.4 Å². The van der Waals surface area contributed by atoms with Gasteiger partial charge in [0.15, 0.2) is 11.5 Å². The number of alkyl halides is 3. The molecule has 140 valence electrons. The van der Waals surface area contributed by atoms with Crippen LogP contribution in [0.5, 0.6) is 11.5 Å². The number of halogens is 4. The fourth-order valence-electron chi connectivity index (χ4n) is 2.40. The molecule has 4 nitrogen and oxygen atoms in total. The lowest BCUT2D eigenvalue weighted by atomic mass is 10.1. The highest BCUT2D eigenvalue weighted by atomic mass is 19.4. The van der Waals surface area contributed by atoms with Crippen molar-refractivity contribution in [3.05, 3.63) is 58.9 Å². The van der Waals surface area contributed by atoms with Gasteiger partial charge in [0.2, 0.25) is 5.91 Å². The van der Waals surface area contributed by atoms with Gasteiger partial charge in [-0.25, -0.2) is 4.39 Å². The highest BCUT2D eigenvalue weighted by Gasteiger charge is 2.33. The Kier molecular flexibility index (Phi) is 6.07. The number of methoxy groups -OCH3 is 2. The van der Waals surface area contributed by atoms with E-state index < -0.39 is 23.5 Å². The fraction of sp³-hybridized carbons (Fsp3) is 0.278. The molecule has 0 aromatic heterocycles. The van der Waals surface area contributed by atoms with Crippen molar-refractivity contribution in [2.45, 2.75) is 19.1 Å². The number of carbonyl (C=O) groups excluding carboxylic acids is 1.